The van der Waals surface area contributed by atoms with Crippen LogP contribution in [0.15, 0.2) is 78.9 Å². The summed E-state index contributed by atoms with van der Waals surface area (Å²) in [6, 6.07) is 23.1. The number of nitrogens with one attached hydrogen (secondary N) is 1. The van der Waals surface area contributed by atoms with Gasteiger partial charge in [-0.2, -0.15) is 0 Å². The molecule has 0 saturated carbocycles. The molecule has 0 atom stereocenters. The van der Waals surface area contributed by atoms with Gasteiger partial charge in [-0.05, 0) is 54.0 Å². The average molecular weight is 358 g/mol. The van der Waals surface area contributed by atoms with Crippen LogP contribution in [0.5, 0.6) is 5.75 Å². The fraction of sp³-hybridized carbons (Fsp3) is 0.0870. The van der Waals surface area contributed by atoms with E-state index in [1.165, 1.54) is 6.08 Å². The molecule has 27 heavy (non-hydrogen) atoms. The molecule has 0 radical (unpaired) electrons. The lowest BCUT2D eigenvalue weighted by Gasteiger charge is -2.06. The zero-order valence-electron chi connectivity index (χ0n) is 15.2. The van der Waals surface area contributed by atoms with E-state index in [9.17, 15) is 4.79 Å². The first-order valence-electron chi connectivity index (χ1n) is 8.72. The molecule has 0 fully saturated rings. The third kappa shape index (κ3) is 5.47. The van der Waals surface area contributed by atoms with Crippen molar-refractivity contribution in [2.75, 3.05) is 11.1 Å². The van der Waals surface area contributed by atoms with E-state index in [1.807, 2.05) is 73.7 Å². The van der Waals surface area contributed by atoms with Gasteiger partial charge in [0.25, 0.3) is 0 Å². The number of benzene rings is 3. The molecule has 3 aromatic carbocycles. The summed E-state index contributed by atoms with van der Waals surface area (Å²) in [6.07, 6.45) is 3.25. The van der Waals surface area contributed by atoms with E-state index >= 15 is 0 Å². The lowest BCUT2D eigenvalue weighted by atomic mass is 10.2. The minimum absolute atomic E-state index is 0.206. The SMILES string of the molecule is Cc1ccc(NC(=O)/C=C/c2ccc(OCc3ccccc3)cc2)cc1N. The first-order chi connectivity index (χ1) is 13.1. The largest absolute Gasteiger partial charge is 0.489 e. The van der Waals surface area contributed by atoms with Crippen LogP contribution in [0.3, 0.4) is 0 Å². The van der Waals surface area contributed by atoms with Crippen molar-refractivity contribution < 1.29 is 9.53 Å². The monoisotopic (exact) mass is 358 g/mol. The maximum absolute atomic E-state index is 12.0. The summed E-state index contributed by atoms with van der Waals surface area (Å²) in [6.45, 7) is 2.45. The maximum Gasteiger partial charge on any atom is 0.248 e. The Kier molecular flexibility index (Phi) is 5.90. The smallest absolute Gasteiger partial charge is 0.248 e. The zero-order valence-corrected chi connectivity index (χ0v) is 15.2. The summed E-state index contributed by atoms with van der Waals surface area (Å²) in [4.78, 5) is 12.0. The first kappa shape index (κ1) is 18.3. The van der Waals surface area contributed by atoms with Gasteiger partial charge < -0.3 is 15.8 Å². The molecule has 0 heterocycles. The number of carbonyl (C=O) groups excluding carboxylic acids is 1. The van der Waals surface area contributed by atoms with Gasteiger partial charge in [0.2, 0.25) is 5.91 Å². The van der Waals surface area contributed by atoms with Gasteiger partial charge in [-0.15, -0.1) is 0 Å². The number of hydrogen-bond donors (Lipinski definition) is 2. The highest BCUT2D eigenvalue weighted by Crippen LogP contribution is 2.17. The van der Waals surface area contributed by atoms with Crippen LogP contribution in [0.1, 0.15) is 16.7 Å². The van der Waals surface area contributed by atoms with Crippen LogP contribution in [0, 0.1) is 6.92 Å². The summed E-state index contributed by atoms with van der Waals surface area (Å²) in [5.41, 5.74) is 10.2. The second-order valence-electron chi connectivity index (χ2n) is 6.24. The van der Waals surface area contributed by atoms with Crippen LogP contribution in [-0.4, -0.2) is 5.91 Å². The summed E-state index contributed by atoms with van der Waals surface area (Å²) in [5.74, 6) is 0.582. The fourth-order valence-corrected chi connectivity index (χ4v) is 2.49. The molecule has 1 amide bonds. The Morgan fingerprint density at radius 1 is 1.04 bits per heavy atom. The number of anilines is 2. The molecule has 3 aromatic rings. The van der Waals surface area contributed by atoms with Crippen molar-refractivity contribution in [1.29, 1.82) is 0 Å². The zero-order chi connectivity index (χ0) is 19.1. The van der Waals surface area contributed by atoms with Crippen LogP contribution in [0.4, 0.5) is 11.4 Å². The van der Waals surface area contributed by atoms with Crippen molar-refractivity contribution in [2.45, 2.75) is 13.5 Å². The normalized spacial score (nSPS) is 10.7. The lowest BCUT2D eigenvalue weighted by molar-refractivity contribution is -0.111. The number of aryl methyl sites for hydroxylation is 1. The quantitative estimate of drug-likeness (QED) is 0.491. The van der Waals surface area contributed by atoms with Crippen molar-refractivity contribution in [2.24, 2.45) is 0 Å². The molecule has 0 aliphatic heterocycles. The number of nitrogen functional groups attached to an aromatic ring is 1. The van der Waals surface area contributed by atoms with Crippen molar-refractivity contribution in [3.05, 3.63) is 95.6 Å². The summed E-state index contributed by atoms with van der Waals surface area (Å²) >= 11 is 0. The van der Waals surface area contributed by atoms with Crippen molar-refractivity contribution in [3.63, 3.8) is 0 Å². The Morgan fingerprint density at radius 2 is 1.78 bits per heavy atom. The van der Waals surface area contributed by atoms with E-state index in [2.05, 4.69) is 5.32 Å². The minimum atomic E-state index is -0.206. The van der Waals surface area contributed by atoms with Crippen LogP contribution in [0.2, 0.25) is 0 Å². The molecule has 0 aliphatic rings. The van der Waals surface area contributed by atoms with E-state index in [0.29, 0.717) is 18.0 Å². The van der Waals surface area contributed by atoms with E-state index in [4.69, 9.17) is 10.5 Å². The Balaban J connectivity index is 1.53. The van der Waals surface area contributed by atoms with E-state index in [0.717, 1.165) is 22.4 Å². The molecule has 136 valence electrons. The number of rotatable bonds is 6. The second kappa shape index (κ2) is 8.72. The van der Waals surface area contributed by atoms with Crippen LogP contribution in [-0.2, 0) is 11.4 Å². The Morgan fingerprint density at radius 3 is 2.48 bits per heavy atom. The Labute approximate surface area is 159 Å². The van der Waals surface area contributed by atoms with E-state index < -0.39 is 0 Å². The highest BCUT2D eigenvalue weighted by Gasteiger charge is 2.01. The highest BCUT2D eigenvalue weighted by molar-refractivity contribution is 6.02. The van der Waals surface area contributed by atoms with Gasteiger partial charge in [0.1, 0.15) is 12.4 Å². The number of hydrogen-bond acceptors (Lipinski definition) is 3. The Bertz CT molecular complexity index is 932. The molecule has 0 aliphatic carbocycles. The van der Waals surface area contributed by atoms with Gasteiger partial charge in [-0.25, -0.2) is 0 Å². The average Bonchev–Trinajstić information content (AvgIpc) is 2.69. The third-order valence-electron chi connectivity index (χ3n) is 4.10. The van der Waals surface area contributed by atoms with E-state index in [-0.39, 0.29) is 5.91 Å². The highest BCUT2D eigenvalue weighted by atomic mass is 16.5. The molecular weight excluding hydrogens is 336 g/mol. The second-order valence-corrected chi connectivity index (χ2v) is 6.24. The number of nitrogens with two attached hydrogens (primary N) is 1. The first-order valence-corrected chi connectivity index (χ1v) is 8.72. The molecule has 0 saturated heterocycles. The van der Waals surface area contributed by atoms with Crippen LogP contribution >= 0.6 is 0 Å². The molecule has 3 N–H and O–H groups in total. The molecule has 3 rings (SSSR count). The van der Waals surface area contributed by atoms with E-state index in [1.54, 1.807) is 12.1 Å². The van der Waals surface area contributed by atoms with Gasteiger partial charge in [0.15, 0.2) is 0 Å². The van der Waals surface area contributed by atoms with Crippen LogP contribution in [0.25, 0.3) is 6.08 Å². The maximum atomic E-state index is 12.0. The third-order valence-corrected chi connectivity index (χ3v) is 4.10. The molecular formula is C23H22N2O2. The van der Waals surface area contributed by atoms with Gasteiger partial charge in [0, 0.05) is 17.5 Å². The van der Waals surface area contributed by atoms with Gasteiger partial charge in [-0.1, -0.05) is 48.5 Å². The van der Waals surface area contributed by atoms with Gasteiger partial charge >= 0.3 is 0 Å². The fourth-order valence-electron chi connectivity index (χ4n) is 2.49. The number of amides is 1. The van der Waals surface area contributed by atoms with Crippen molar-refractivity contribution in [3.8, 4) is 5.75 Å². The van der Waals surface area contributed by atoms with Crippen molar-refractivity contribution >= 4 is 23.4 Å². The predicted molar refractivity (Wildman–Crippen MR) is 110 cm³/mol. The van der Waals surface area contributed by atoms with Crippen molar-refractivity contribution in [1.82, 2.24) is 0 Å². The molecule has 0 unspecified atom stereocenters. The number of ether oxygens (including phenoxy) is 1. The van der Waals surface area contributed by atoms with Gasteiger partial charge in [0.05, 0.1) is 0 Å². The summed E-state index contributed by atoms with van der Waals surface area (Å²) in [7, 11) is 0. The minimum Gasteiger partial charge on any atom is -0.489 e. The lowest BCUT2D eigenvalue weighted by Crippen LogP contribution is -2.08. The predicted octanol–water partition coefficient (Wildman–Crippen LogP) is 4.81. The summed E-state index contributed by atoms with van der Waals surface area (Å²) < 4.78 is 5.76. The topological polar surface area (TPSA) is 64.3 Å². The van der Waals surface area contributed by atoms with Gasteiger partial charge in [-0.3, -0.25) is 4.79 Å². The standard InChI is InChI=1S/C23H22N2O2/c1-17-7-11-20(15-22(17)24)25-23(26)14-10-18-8-12-21(13-9-18)27-16-19-5-3-2-4-6-19/h2-15H,16,24H2,1H3,(H,25,26)/b14-10+. The molecule has 0 aromatic heterocycles. The summed E-state index contributed by atoms with van der Waals surface area (Å²) in [5, 5.41) is 2.80. The van der Waals surface area contributed by atoms with Crippen LogP contribution < -0.4 is 15.8 Å². The Hall–Kier alpha value is -3.53. The molecule has 0 spiro atoms. The molecule has 0 bridgehead atoms. The molecule has 4 nitrogen and oxygen atoms in total. The molecule has 4 heteroatoms. The number of carbonyl (C=O) groups is 1.